The van der Waals surface area contributed by atoms with Crippen LogP contribution in [0.2, 0.25) is 0 Å². The second kappa shape index (κ2) is 11.0. The smallest absolute Gasteiger partial charge is 0.303 e. The fraction of sp³-hybridized carbons (Fsp3) is 0.667. The summed E-state index contributed by atoms with van der Waals surface area (Å²) in [4.78, 5) is 21.5. The summed E-state index contributed by atoms with van der Waals surface area (Å²) >= 11 is 0. The Kier molecular flexibility index (Phi) is 10.00. The number of rotatable bonds is 11. The van der Waals surface area contributed by atoms with Crippen molar-refractivity contribution in [3.05, 3.63) is 12.8 Å². The van der Waals surface area contributed by atoms with Gasteiger partial charge in [0.1, 0.15) is 0 Å². The molecule has 0 unspecified atom stereocenters. The fourth-order valence-electron chi connectivity index (χ4n) is 1.35. The van der Waals surface area contributed by atoms with Crippen LogP contribution in [0.15, 0.2) is 12.8 Å². The van der Waals surface area contributed by atoms with Crippen molar-refractivity contribution < 1.29 is 14.7 Å². The summed E-state index contributed by atoms with van der Waals surface area (Å²) in [6.07, 6.45) is 5.49. The molecule has 5 nitrogen and oxygen atoms in total. The van der Waals surface area contributed by atoms with E-state index >= 15 is 0 Å². The standard InChI is InChI=1S/C12H22N2O3/c1-2-13-9-4-3-5-10-14-11(15)7-6-8-12(16)17/h2,13H,1,3-10H2,(H,14,15)(H,16,17). The van der Waals surface area contributed by atoms with Gasteiger partial charge in [0, 0.05) is 25.9 Å². The average Bonchev–Trinajstić information content (AvgIpc) is 2.27. The largest absolute Gasteiger partial charge is 0.481 e. The van der Waals surface area contributed by atoms with Gasteiger partial charge in [0.25, 0.3) is 0 Å². The Morgan fingerprint density at radius 2 is 1.76 bits per heavy atom. The number of carboxylic acid groups (broad SMARTS) is 1. The van der Waals surface area contributed by atoms with Gasteiger partial charge in [-0.15, -0.1) is 0 Å². The van der Waals surface area contributed by atoms with E-state index in [1.54, 1.807) is 6.20 Å². The van der Waals surface area contributed by atoms with Gasteiger partial charge in [0.15, 0.2) is 0 Å². The molecule has 5 heteroatoms. The fourth-order valence-corrected chi connectivity index (χ4v) is 1.35. The van der Waals surface area contributed by atoms with Crippen LogP contribution >= 0.6 is 0 Å². The highest BCUT2D eigenvalue weighted by Crippen LogP contribution is 1.96. The molecule has 0 aliphatic heterocycles. The Balaban J connectivity index is 3.21. The van der Waals surface area contributed by atoms with Crippen LogP contribution < -0.4 is 10.6 Å². The number of carbonyl (C=O) groups is 2. The number of aliphatic carboxylic acids is 1. The molecule has 0 bridgehead atoms. The highest BCUT2D eigenvalue weighted by atomic mass is 16.4. The minimum atomic E-state index is -0.854. The van der Waals surface area contributed by atoms with E-state index in [4.69, 9.17) is 5.11 Å². The minimum absolute atomic E-state index is 0.0562. The summed E-state index contributed by atoms with van der Waals surface area (Å²) in [6, 6.07) is 0. The van der Waals surface area contributed by atoms with Crippen LogP contribution in [0.25, 0.3) is 0 Å². The van der Waals surface area contributed by atoms with E-state index in [1.165, 1.54) is 0 Å². The van der Waals surface area contributed by atoms with Gasteiger partial charge in [-0.2, -0.15) is 0 Å². The lowest BCUT2D eigenvalue weighted by molar-refractivity contribution is -0.137. The van der Waals surface area contributed by atoms with Crippen molar-refractivity contribution in [3.63, 3.8) is 0 Å². The minimum Gasteiger partial charge on any atom is -0.481 e. The first-order chi connectivity index (χ1) is 8.16. The zero-order valence-electron chi connectivity index (χ0n) is 10.2. The second-order valence-corrected chi connectivity index (χ2v) is 3.82. The molecule has 0 spiro atoms. The number of hydrogen-bond acceptors (Lipinski definition) is 3. The molecule has 0 aromatic heterocycles. The summed E-state index contributed by atoms with van der Waals surface area (Å²) in [6.45, 7) is 5.13. The molecular formula is C12H22N2O3. The summed E-state index contributed by atoms with van der Waals surface area (Å²) in [5.41, 5.74) is 0. The lowest BCUT2D eigenvalue weighted by atomic mass is 10.2. The molecule has 0 atom stereocenters. The van der Waals surface area contributed by atoms with Crippen molar-refractivity contribution in [3.8, 4) is 0 Å². The molecule has 17 heavy (non-hydrogen) atoms. The number of nitrogens with one attached hydrogen (secondary N) is 2. The van der Waals surface area contributed by atoms with E-state index in [0.29, 0.717) is 19.4 Å². The number of hydrogen-bond donors (Lipinski definition) is 3. The van der Waals surface area contributed by atoms with Gasteiger partial charge in [0.2, 0.25) is 5.91 Å². The van der Waals surface area contributed by atoms with Crippen LogP contribution in [-0.2, 0) is 9.59 Å². The topological polar surface area (TPSA) is 78.4 Å². The molecule has 0 aromatic carbocycles. The number of amides is 1. The summed E-state index contributed by atoms with van der Waals surface area (Å²) in [5.74, 6) is -0.914. The number of carbonyl (C=O) groups excluding carboxylic acids is 1. The van der Waals surface area contributed by atoms with Crippen molar-refractivity contribution >= 4 is 11.9 Å². The van der Waals surface area contributed by atoms with Crippen LogP contribution in [-0.4, -0.2) is 30.1 Å². The molecule has 0 saturated carbocycles. The molecule has 0 heterocycles. The van der Waals surface area contributed by atoms with Crippen LogP contribution in [0.4, 0.5) is 0 Å². The van der Waals surface area contributed by atoms with E-state index in [-0.39, 0.29) is 12.3 Å². The molecule has 0 aliphatic carbocycles. The quantitative estimate of drug-likeness (QED) is 0.477. The molecule has 0 radical (unpaired) electrons. The third-order valence-corrected chi connectivity index (χ3v) is 2.26. The van der Waals surface area contributed by atoms with Gasteiger partial charge in [-0.1, -0.05) is 6.58 Å². The van der Waals surface area contributed by atoms with Crippen molar-refractivity contribution in [2.45, 2.75) is 38.5 Å². The van der Waals surface area contributed by atoms with Gasteiger partial charge >= 0.3 is 5.97 Å². The molecule has 0 saturated heterocycles. The maximum Gasteiger partial charge on any atom is 0.303 e. The molecule has 1 amide bonds. The monoisotopic (exact) mass is 242 g/mol. The molecule has 0 rings (SSSR count). The Labute approximate surface area is 102 Å². The third-order valence-electron chi connectivity index (χ3n) is 2.26. The van der Waals surface area contributed by atoms with Crippen LogP contribution in [0.3, 0.4) is 0 Å². The third kappa shape index (κ3) is 12.4. The van der Waals surface area contributed by atoms with Crippen LogP contribution in [0, 0.1) is 0 Å². The van der Waals surface area contributed by atoms with E-state index < -0.39 is 5.97 Å². The van der Waals surface area contributed by atoms with Gasteiger partial charge in [0.05, 0.1) is 0 Å². The Bertz CT molecular complexity index is 242. The summed E-state index contributed by atoms with van der Waals surface area (Å²) in [7, 11) is 0. The van der Waals surface area contributed by atoms with Gasteiger partial charge in [-0.25, -0.2) is 0 Å². The van der Waals surface area contributed by atoms with E-state index in [1.807, 2.05) is 0 Å². The normalized spacial score (nSPS) is 9.65. The predicted octanol–water partition coefficient (Wildman–Crippen LogP) is 1.26. The summed E-state index contributed by atoms with van der Waals surface area (Å²) in [5, 5.41) is 14.2. The lowest BCUT2D eigenvalue weighted by Gasteiger charge is -2.04. The molecule has 98 valence electrons. The van der Waals surface area contributed by atoms with Crippen molar-refractivity contribution in [2.24, 2.45) is 0 Å². The molecule has 0 aliphatic rings. The molecule has 0 aromatic rings. The second-order valence-electron chi connectivity index (χ2n) is 3.82. The first kappa shape index (κ1) is 15.5. The van der Waals surface area contributed by atoms with Crippen LogP contribution in [0.5, 0.6) is 0 Å². The van der Waals surface area contributed by atoms with E-state index in [2.05, 4.69) is 17.2 Å². The van der Waals surface area contributed by atoms with Crippen molar-refractivity contribution in [1.29, 1.82) is 0 Å². The Morgan fingerprint density at radius 3 is 2.41 bits per heavy atom. The first-order valence-electron chi connectivity index (χ1n) is 5.99. The molecular weight excluding hydrogens is 220 g/mol. The molecule has 0 fully saturated rings. The Morgan fingerprint density at radius 1 is 1.06 bits per heavy atom. The van der Waals surface area contributed by atoms with Crippen molar-refractivity contribution in [2.75, 3.05) is 13.1 Å². The average molecular weight is 242 g/mol. The van der Waals surface area contributed by atoms with Gasteiger partial charge in [-0.05, 0) is 31.9 Å². The maximum atomic E-state index is 11.2. The Hall–Kier alpha value is -1.52. The number of unbranched alkanes of at least 4 members (excludes halogenated alkanes) is 2. The SMILES string of the molecule is C=CNCCCCCNC(=O)CCCC(=O)O. The predicted molar refractivity (Wildman–Crippen MR) is 66.5 cm³/mol. The number of carboxylic acids is 1. The van der Waals surface area contributed by atoms with Crippen LogP contribution in [0.1, 0.15) is 38.5 Å². The van der Waals surface area contributed by atoms with E-state index in [9.17, 15) is 9.59 Å². The lowest BCUT2D eigenvalue weighted by Crippen LogP contribution is -2.24. The van der Waals surface area contributed by atoms with Gasteiger partial charge < -0.3 is 15.7 Å². The van der Waals surface area contributed by atoms with Gasteiger partial charge in [-0.3, -0.25) is 9.59 Å². The zero-order valence-corrected chi connectivity index (χ0v) is 10.2. The first-order valence-corrected chi connectivity index (χ1v) is 5.99. The highest BCUT2D eigenvalue weighted by Gasteiger charge is 2.02. The maximum absolute atomic E-state index is 11.2. The highest BCUT2D eigenvalue weighted by molar-refractivity contribution is 5.76. The van der Waals surface area contributed by atoms with E-state index in [0.717, 1.165) is 25.8 Å². The molecule has 3 N–H and O–H groups in total. The summed E-state index contributed by atoms with van der Waals surface area (Å²) < 4.78 is 0. The van der Waals surface area contributed by atoms with Crippen molar-refractivity contribution in [1.82, 2.24) is 10.6 Å². The zero-order chi connectivity index (χ0) is 12.9.